The van der Waals surface area contributed by atoms with Crippen molar-refractivity contribution in [2.45, 2.75) is 45.1 Å². The van der Waals surface area contributed by atoms with E-state index in [1.54, 1.807) is 0 Å². The van der Waals surface area contributed by atoms with E-state index < -0.39 is 0 Å². The van der Waals surface area contributed by atoms with Gasteiger partial charge in [-0.3, -0.25) is 16.3 Å². The SMILES string of the molecule is C=CCCCCCC(NN)c1cc(C)c2ccccc2n1. The molecule has 0 saturated heterocycles. The Labute approximate surface area is 127 Å². The second-order valence-electron chi connectivity index (χ2n) is 5.53. The van der Waals surface area contributed by atoms with E-state index in [0.29, 0.717) is 0 Å². The maximum absolute atomic E-state index is 5.73. The van der Waals surface area contributed by atoms with Crippen molar-refractivity contribution in [3.63, 3.8) is 0 Å². The normalized spacial score (nSPS) is 12.5. The number of hydrogen-bond donors (Lipinski definition) is 2. The molecule has 0 spiro atoms. The van der Waals surface area contributed by atoms with E-state index in [2.05, 4.69) is 43.2 Å². The first-order valence-electron chi connectivity index (χ1n) is 7.69. The van der Waals surface area contributed by atoms with Crippen molar-refractivity contribution < 1.29 is 0 Å². The number of para-hydroxylation sites is 1. The molecule has 3 heteroatoms. The summed E-state index contributed by atoms with van der Waals surface area (Å²) in [6.07, 6.45) is 7.64. The molecule has 0 fully saturated rings. The first kappa shape index (κ1) is 15.7. The third-order valence-corrected chi connectivity index (χ3v) is 3.90. The van der Waals surface area contributed by atoms with Crippen molar-refractivity contribution >= 4 is 10.9 Å². The number of nitrogens with zero attached hydrogens (tertiary/aromatic N) is 1. The molecule has 0 radical (unpaired) electrons. The van der Waals surface area contributed by atoms with Gasteiger partial charge in [-0.05, 0) is 43.9 Å². The van der Waals surface area contributed by atoms with Gasteiger partial charge in [0.05, 0.1) is 17.3 Å². The molecular formula is C18H25N3. The summed E-state index contributed by atoms with van der Waals surface area (Å²) in [6.45, 7) is 5.88. The van der Waals surface area contributed by atoms with E-state index in [-0.39, 0.29) is 6.04 Å². The predicted octanol–water partition coefficient (Wildman–Crippen LogP) is 4.18. The van der Waals surface area contributed by atoms with Gasteiger partial charge in [-0.2, -0.15) is 0 Å². The topological polar surface area (TPSA) is 50.9 Å². The molecule has 0 aliphatic carbocycles. The summed E-state index contributed by atoms with van der Waals surface area (Å²) in [5.41, 5.74) is 6.25. The highest BCUT2D eigenvalue weighted by Gasteiger charge is 2.12. The smallest absolute Gasteiger partial charge is 0.0708 e. The standard InChI is InChI=1S/C18H25N3/c1-3-4-5-6-7-12-17(21-19)18-13-14(2)15-10-8-9-11-16(15)20-18/h3,8-11,13,17,21H,1,4-7,12,19H2,2H3. The van der Waals surface area contributed by atoms with Crippen LogP contribution in [0.25, 0.3) is 10.9 Å². The fraction of sp³-hybridized carbons (Fsp3) is 0.389. The Hall–Kier alpha value is -1.71. The lowest BCUT2D eigenvalue weighted by molar-refractivity contribution is 0.475. The second-order valence-corrected chi connectivity index (χ2v) is 5.53. The van der Waals surface area contributed by atoms with Crippen LogP contribution >= 0.6 is 0 Å². The Kier molecular flexibility index (Phi) is 5.90. The van der Waals surface area contributed by atoms with Crippen LogP contribution in [0.3, 0.4) is 0 Å². The van der Waals surface area contributed by atoms with Gasteiger partial charge in [0.2, 0.25) is 0 Å². The lowest BCUT2D eigenvalue weighted by atomic mass is 10.0. The number of aryl methyl sites for hydroxylation is 1. The molecule has 0 aliphatic rings. The number of rotatable bonds is 8. The van der Waals surface area contributed by atoms with Gasteiger partial charge in [-0.15, -0.1) is 6.58 Å². The second kappa shape index (κ2) is 7.91. The van der Waals surface area contributed by atoms with Gasteiger partial charge in [0.25, 0.3) is 0 Å². The highest BCUT2D eigenvalue weighted by atomic mass is 15.2. The number of nitrogens with two attached hydrogens (primary N) is 1. The zero-order valence-electron chi connectivity index (χ0n) is 12.8. The Morgan fingerprint density at radius 3 is 2.86 bits per heavy atom. The van der Waals surface area contributed by atoms with E-state index in [1.807, 2.05) is 12.1 Å². The van der Waals surface area contributed by atoms with Crippen molar-refractivity contribution in [3.8, 4) is 0 Å². The molecular weight excluding hydrogens is 258 g/mol. The molecule has 2 rings (SSSR count). The maximum atomic E-state index is 5.73. The molecule has 3 nitrogen and oxygen atoms in total. The molecule has 112 valence electrons. The fourth-order valence-corrected chi connectivity index (χ4v) is 2.68. The van der Waals surface area contributed by atoms with Crippen molar-refractivity contribution in [3.05, 3.63) is 54.2 Å². The molecule has 1 aromatic heterocycles. The summed E-state index contributed by atoms with van der Waals surface area (Å²) in [5, 5.41) is 1.21. The van der Waals surface area contributed by atoms with Crippen molar-refractivity contribution in [2.24, 2.45) is 5.84 Å². The largest absolute Gasteiger partial charge is 0.271 e. The molecule has 21 heavy (non-hydrogen) atoms. The summed E-state index contributed by atoms with van der Waals surface area (Å²) in [4.78, 5) is 4.76. The van der Waals surface area contributed by atoms with Gasteiger partial charge >= 0.3 is 0 Å². The first-order chi connectivity index (χ1) is 10.3. The molecule has 3 N–H and O–H groups in total. The van der Waals surface area contributed by atoms with Crippen LogP contribution in [0.2, 0.25) is 0 Å². The minimum Gasteiger partial charge on any atom is -0.271 e. The quantitative estimate of drug-likeness (QED) is 0.331. The predicted molar refractivity (Wildman–Crippen MR) is 89.8 cm³/mol. The summed E-state index contributed by atoms with van der Waals surface area (Å²) in [7, 11) is 0. The molecule has 0 aliphatic heterocycles. The minimum absolute atomic E-state index is 0.122. The molecule has 0 amide bonds. The van der Waals surface area contributed by atoms with E-state index in [0.717, 1.165) is 30.5 Å². The number of pyridine rings is 1. The van der Waals surface area contributed by atoms with Gasteiger partial charge < -0.3 is 0 Å². The third kappa shape index (κ3) is 4.13. The zero-order chi connectivity index (χ0) is 15.1. The van der Waals surface area contributed by atoms with E-state index in [9.17, 15) is 0 Å². The van der Waals surface area contributed by atoms with Crippen LogP contribution in [-0.2, 0) is 0 Å². The number of hydrogen-bond acceptors (Lipinski definition) is 3. The average Bonchev–Trinajstić information content (AvgIpc) is 2.51. The lowest BCUT2D eigenvalue weighted by Gasteiger charge is -2.17. The lowest BCUT2D eigenvalue weighted by Crippen LogP contribution is -2.28. The minimum atomic E-state index is 0.122. The summed E-state index contributed by atoms with van der Waals surface area (Å²) in [6, 6.07) is 10.5. The van der Waals surface area contributed by atoms with Crippen LogP contribution in [0, 0.1) is 6.92 Å². The summed E-state index contributed by atoms with van der Waals surface area (Å²) >= 11 is 0. The van der Waals surface area contributed by atoms with Gasteiger partial charge in [0.1, 0.15) is 0 Å². The van der Waals surface area contributed by atoms with Gasteiger partial charge in [0, 0.05) is 5.39 Å². The van der Waals surface area contributed by atoms with Crippen molar-refractivity contribution in [1.29, 1.82) is 0 Å². The number of aromatic nitrogens is 1. The van der Waals surface area contributed by atoms with E-state index in [4.69, 9.17) is 10.8 Å². The van der Waals surface area contributed by atoms with Crippen LogP contribution in [0.4, 0.5) is 0 Å². The molecule has 1 aromatic carbocycles. The Morgan fingerprint density at radius 2 is 2.10 bits per heavy atom. The van der Waals surface area contributed by atoms with Crippen LogP contribution in [-0.4, -0.2) is 4.98 Å². The summed E-state index contributed by atoms with van der Waals surface area (Å²) < 4.78 is 0. The number of unbranched alkanes of at least 4 members (excludes halogenated alkanes) is 3. The van der Waals surface area contributed by atoms with Crippen molar-refractivity contribution in [2.75, 3.05) is 0 Å². The number of nitrogens with one attached hydrogen (secondary N) is 1. The Bertz CT molecular complexity index is 592. The zero-order valence-corrected chi connectivity index (χ0v) is 12.8. The Balaban J connectivity index is 2.09. The maximum Gasteiger partial charge on any atom is 0.0708 e. The highest BCUT2D eigenvalue weighted by Crippen LogP contribution is 2.23. The van der Waals surface area contributed by atoms with Crippen LogP contribution < -0.4 is 11.3 Å². The molecule has 0 saturated carbocycles. The molecule has 2 aromatic rings. The number of benzene rings is 1. The van der Waals surface area contributed by atoms with Crippen molar-refractivity contribution in [1.82, 2.24) is 10.4 Å². The van der Waals surface area contributed by atoms with Gasteiger partial charge in [0.15, 0.2) is 0 Å². The Morgan fingerprint density at radius 1 is 1.29 bits per heavy atom. The van der Waals surface area contributed by atoms with Gasteiger partial charge in [-0.25, -0.2) is 0 Å². The molecule has 1 atom stereocenters. The van der Waals surface area contributed by atoms with Crippen LogP contribution in [0.5, 0.6) is 0 Å². The fourth-order valence-electron chi connectivity index (χ4n) is 2.68. The van der Waals surface area contributed by atoms with Crippen LogP contribution in [0.15, 0.2) is 43.0 Å². The average molecular weight is 283 g/mol. The number of fused-ring (bicyclic) bond motifs is 1. The summed E-state index contributed by atoms with van der Waals surface area (Å²) in [5.74, 6) is 5.73. The van der Waals surface area contributed by atoms with E-state index in [1.165, 1.54) is 23.8 Å². The molecule has 0 bridgehead atoms. The van der Waals surface area contributed by atoms with Crippen LogP contribution in [0.1, 0.15) is 49.4 Å². The first-order valence-corrected chi connectivity index (χ1v) is 7.69. The highest BCUT2D eigenvalue weighted by molar-refractivity contribution is 5.82. The van der Waals surface area contributed by atoms with Gasteiger partial charge in [-0.1, -0.05) is 37.1 Å². The van der Waals surface area contributed by atoms with E-state index >= 15 is 0 Å². The third-order valence-electron chi connectivity index (χ3n) is 3.90. The number of allylic oxidation sites excluding steroid dienone is 1. The molecule has 1 heterocycles. The molecule has 1 unspecified atom stereocenters. The monoisotopic (exact) mass is 283 g/mol. The number of hydrazine groups is 1.